The number of thiophene rings is 1. The third kappa shape index (κ3) is 5.34. The third-order valence-corrected chi connectivity index (χ3v) is 4.21. The van der Waals surface area contributed by atoms with Gasteiger partial charge in [0, 0.05) is 36.8 Å². The molecule has 0 spiro atoms. The third-order valence-electron chi connectivity index (χ3n) is 2.60. The summed E-state index contributed by atoms with van der Waals surface area (Å²) in [6, 6.07) is 2.19. The molecule has 1 aromatic rings. The van der Waals surface area contributed by atoms with Gasteiger partial charge in [-0.05, 0) is 37.2 Å². The molecule has 0 aliphatic rings. The highest BCUT2D eigenvalue weighted by molar-refractivity contribution is 7.98. The van der Waals surface area contributed by atoms with Crippen molar-refractivity contribution in [2.24, 2.45) is 0 Å². The van der Waals surface area contributed by atoms with Gasteiger partial charge in [-0.1, -0.05) is 0 Å². The van der Waals surface area contributed by atoms with Gasteiger partial charge in [0.25, 0.3) is 0 Å². The molecule has 4 heteroatoms. The summed E-state index contributed by atoms with van der Waals surface area (Å²) in [7, 11) is 2.19. The molecule has 0 radical (unpaired) electrons. The highest BCUT2D eigenvalue weighted by atomic mass is 32.2. The van der Waals surface area contributed by atoms with Gasteiger partial charge >= 0.3 is 0 Å². The lowest BCUT2D eigenvalue weighted by molar-refractivity contribution is 0.352. The Morgan fingerprint density at radius 1 is 1.44 bits per heavy atom. The summed E-state index contributed by atoms with van der Waals surface area (Å²) in [4.78, 5) is 3.84. The second kappa shape index (κ2) is 8.12. The van der Waals surface area contributed by atoms with Crippen molar-refractivity contribution in [3.8, 4) is 0 Å². The van der Waals surface area contributed by atoms with Gasteiger partial charge in [0.1, 0.15) is 0 Å². The van der Waals surface area contributed by atoms with Gasteiger partial charge in [-0.3, -0.25) is 0 Å². The molecule has 1 aromatic heterocycles. The number of aryl methyl sites for hydroxylation is 1. The van der Waals surface area contributed by atoms with Crippen LogP contribution in [0.1, 0.15) is 10.4 Å². The van der Waals surface area contributed by atoms with Crippen LogP contribution >= 0.6 is 23.1 Å². The minimum atomic E-state index is 1.01. The summed E-state index contributed by atoms with van der Waals surface area (Å²) >= 11 is 3.75. The van der Waals surface area contributed by atoms with Crippen molar-refractivity contribution in [3.05, 3.63) is 21.9 Å². The van der Waals surface area contributed by atoms with Gasteiger partial charge in [-0.15, -0.1) is 11.3 Å². The molecule has 0 fully saturated rings. The van der Waals surface area contributed by atoms with Crippen LogP contribution in [0.4, 0.5) is 0 Å². The normalized spacial score (nSPS) is 11.2. The topological polar surface area (TPSA) is 15.3 Å². The molecule has 0 unspecified atom stereocenters. The highest BCUT2D eigenvalue weighted by Gasteiger charge is 2.00. The van der Waals surface area contributed by atoms with E-state index in [0.29, 0.717) is 0 Å². The average Bonchev–Trinajstić information content (AvgIpc) is 2.67. The van der Waals surface area contributed by atoms with E-state index >= 15 is 0 Å². The minimum absolute atomic E-state index is 1.01. The SMILES string of the molecule is CSCCN(C)CCNCc1sccc1C. The molecule has 1 N–H and O–H groups in total. The van der Waals surface area contributed by atoms with Gasteiger partial charge < -0.3 is 10.2 Å². The van der Waals surface area contributed by atoms with E-state index in [0.717, 1.165) is 19.6 Å². The maximum absolute atomic E-state index is 3.50. The standard InChI is InChI=1S/C12H22N2S2/c1-11-4-8-16-12(11)10-13-5-6-14(2)7-9-15-3/h4,8,13H,5-7,9-10H2,1-3H3. The van der Waals surface area contributed by atoms with E-state index in [1.54, 1.807) is 0 Å². The average molecular weight is 258 g/mol. The van der Waals surface area contributed by atoms with Gasteiger partial charge in [-0.2, -0.15) is 11.8 Å². The largest absolute Gasteiger partial charge is 0.311 e. The molecule has 2 nitrogen and oxygen atoms in total. The number of hydrogen-bond donors (Lipinski definition) is 1. The summed E-state index contributed by atoms with van der Waals surface area (Å²) in [6.45, 7) is 6.58. The predicted octanol–water partition coefficient (Wildman–Crippen LogP) is 2.44. The molecule has 0 bridgehead atoms. The molecule has 0 aromatic carbocycles. The molecule has 16 heavy (non-hydrogen) atoms. The molecular formula is C12H22N2S2. The Labute approximate surface area is 107 Å². The molecule has 1 heterocycles. The first-order valence-corrected chi connectivity index (χ1v) is 7.92. The summed E-state index contributed by atoms with van der Waals surface area (Å²) in [5.41, 5.74) is 1.41. The second-order valence-corrected chi connectivity index (χ2v) is 5.99. The number of likely N-dealkylation sites (N-methyl/N-ethyl adjacent to an activating group) is 1. The quantitative estimate of drug-likeness (QED) is 0.721. The van der Waals surface area contributed by atoms with E-state index in [1.165, 1.54) is 22.7 Å². The number of rotatable bonds is 8. The Bertz CT molecular complexity index is 286. The van der Waals surface area contributed by atoms with E-state index in [9.17, 15) is 0 Å². The van der Waals surface area contributed by atoms with Crippen molar-refractivity contribution in [2.45, 2.75) is 13.5 Å². The number of nitrogens with one attached hydrogen (secondary N) is 1. The van der Waals surface area contributed by atoms with Crippen LogP contribution in [0.5, 0.6) is 0 Å². The van der Waals surface area contributed by atoms with E-state index in [2.05, 4.69) is 41.9 Å². The summed E-state index contributed by atoms with van der Waals surface area (Å²) in [5.74, 6) is 1.22. The molecule has 0 aliphatic heterocycles. The first-order chi connectivity index (χ1) is 7.74. The van der Waals surface area contributed by atoms with E-state index < -0.39 is 0 Å². The number of nitrogens with zero attached hydrogens (tertiary/aromatic N) is 1. The van der Waals surface area contributed by atoms with Crippen LogP contribution in [0.2, 0.25) is 0 Å². The maximum atomic E-state index is 3.50. The highest BCUT2D eigenvalue weighted by Crippen LogP contribution is 2.14. The van der Waals surface area contributed by atoms with Crippen LogP contribution in [0.25, 0.3) is 0 Å². The summed E-state index contributed by atoms with van der Waals surface area (Å²) in [6.07, 6.45) is 2.16. The first-order valence-electron chi connectivity index (χ1n) is 5.65. The van der Waals surface area contributed by atoms with Crippen LogP contribution in [0, 0.1) is 6.92 Å². The van der Waals surface area contributed by atoms with Crippen molar-refractivity contribution in [1.29, 1.82) is 0 Å². The van der Waals surface area contributed by atoms with Crippen molar-refractivity contribution in [1.82, 2.24) is 10.2 Å². The van der Waals surface area contributed by atoms with Crippen molar-refractivity contribution < 1.29 is 0 Å². The first kappa shape index (κ1) is 14.0. The van der Waals surface area contributed by atoms with Crippen molar-refractivity contribution >= 4 is 23.1 Å². The van der Waals surface area contributed by atoms with E-state index in [-0.39, 0.29) is 0 Å². The fourth-order valence-corrected chi connectivity index (χ4v) is 2.79. The predicted molar refractivity (Wildman–Crippen MR) is 76.6 cm³/mol. The van der Waals surface area contributed by atoms with Crippen LogP contribution in [-0.4, -0.2) is 43.6 Å². The lowest BCUT2D eigenvalue weighted by atomic mass is 10.3. The van der Waals surface area contributed by atoms with E-state index in [4.69, 9.17) is 0 Å². The zero-order chi connectivity index (χ0) is 11.8. The van der Waals surface area contributed by atoms with Crippen molar-refractivity contribution in [3.63, 3.8) is 0 Å². The molecule has 92 valence electrons. The van der Waals surface area contributed by atoms with Crippen LogP contribution in [-0.2, 0) is 6.54 Å². The zero-order valence-corrected chi connectivity index (χ0v) is 12.1. The number of hydrogen-bond acceptors (Lipinski definition) is 4. The van der Waals surface area contributed by atoms with E-state index in [1.807, 2.05) is 23.1 Å². The Hall–Kier alpha value is -0.0300. The van der Waals surface area contributed by atoms with Gasteiger partial charge in [0.15, 0.2) is 0 Å². The molecular weight excluding hydrogens is 236 g/mol. The lowest BCUT2D eigenvalue weighted by Gasteiger charge is -2.15. The van der Waals surface area contributed by atoms with Gasteiger partial charge in [0.2, 0.25) is 0 Å². The van der Waals surface area contributed by atoms with Crippen LogP contribution < -0.4 is 5.32 Å². The zero-order valence-electron chi connectivity index (χ0n) is 10.5. The second-order valence-electron chi connectivity index (χ2n) is 4.00. The molecule has 0 saturated carbocycles. The van der Waals surface area contributed by atoms with Crippen LogP contribution in [0.15, 0.2) is 11.4 Å². The maximum Gasteiger partial charge on any atom is 0.0302 e. The lowest BCUT2D eigenvalue weighted by Crippen LogP contribution is -2.30. The fourth-order valence-electron chi connectivity index (χ4n) is 1.42. The van der Waals surface area contributed by atoms with Gasteiger partial charge in [-0.25, -0.2) is 0 Å². The monoisotopic (exact) mass is 258 g/mol. The Kier molecular flexibility index (Phi) is 7.12. The Balaban J connectivity index is 2.06. The molecule has 0 amide bonds. The Morgan fingerprint density at radius 3 is 2.88 bits per heavy atom. The smallest absolute Gasteiger partial charge is 0.0302 e. The molecule has 0 saturated heterocycles. The summed E-state index contributed by atoms with van der Waals surface area (Å²) < 4.78 is 0. The Morgan fingerprint density at radius 2 is 2.25 bits per heavy atom. The molecule has 0 aliphatic carbocycles. The molecule has 0 atom stereocenters. The number of thioether (sulfide) groups is 1. The van der Waals surface area contributed by atoms with Crippen LogP contribution in [0.3, 0.4) is 0 Å². The molecule has 1 rings (SSSR count). The minimum Gasteiger partial charge on any atom is -0.311 e. The summed E-state index contributed by atoms with van der Waals surface area (Å²) in [5, 5.41) is 5.66. The van der Waals surface area contributed by atoms with Crippen molar-refractivity contribution in [2.75, 3.05) is 38.7 Å². The van der Waals surface area contributed by atoms with Gasteiger partial charge in [0.05, 0.1) is 0 Å². The fraction of sp³-hybridized carbons (Fsp3) is 0.667.